The number of rotatable bonds is 13. The molecule has 0 radical (unpaired) electrons. The van der Waals surface area contributed by atoms with Gasteiger partial charge >= 0.3 is 5.97 Å². The Morgan fingerprint density at radius 2 is 1.04 bits per heavy atom. The molecule has 9 nitrogen and oxygen atoms in total. The first-order valence-corrected chi connectivity index (χ1v) is 14.7. The molecule has 0 aliphatic heterocycles. The van der Waals surface area contributed by atoms with Gasteiger partial charge < -0.3 is 29.9 Å². The van der Waals surface area contributed by atoms with E-state index in [-0.39, 0.29) is 16.7 Å². The van der Waals surface area contributed by atoms with Gasteiger partial charge in [0, 0.05) is 84.2 Å². The molecule has 0 saturated carbocycles. The number of carboxylic acids is 1. The number of hydrogen-bond acceptors (Lipinski definition) is 6. The lowest BCUT2D eigenvalue weighted by Crippen LogP contribution is -2.30. The van der Waals surface area contributed by atoms with E-state index < -0.39 is 196 Å². The molecule has 3 N–H and O–H groups in total. The zero-order chi connectivity index (χ0) is 60.2. The fourth-order valence-electron chi connectivity index (χ4n) is 4.95. The van der Waals surface area contributed by atoms with Crippen LogP contribution in [0.15, 0.2) is 96.8 Å². The van der Waals surface area contributed by atoms with Crippen LogP contribution in [0.3, 0.4) is 0 Å². The second kappa shape index (κ2) is 16.3. The number of ether oxygens (including phenoxy) is 1. The zero-order valence-electron chi connectivity index (χ0n) is 53.3. The molecule has 0 aromatic heterocycles. The van der Waals surface area contributed by atoms with Crippen LogP contribution >= 0.6 is 0 Å². The van der Waals surface area contributed by atoms with Crippen molar-refractivity contribution in [1.82, 2.24) is 9.80 Å². The SMILES string of the molecule is [2H]c1c([2H])c([2H])c(C(=O)N(C([2H])([2H])c2cc(C)cc(-c3cc(C)cc(-c4cc(C)cc(C([2H])([2H])N(C(=O)c5c([2H])c([2H])c([2H])c([2H])c5[2H])C([2H])([2H])C([2H])([2H])[2H])c4O)c3OC([2H])([2H])C(=O)O)c2O)C([2H])([2H])C([2H])([2H])[2H])c([2H])c1[2H]. The monoisotopic (exact) mass is 726 g/mol. The molecule has 0 saturated heterocycles. The number of phenolic OH excluding ortho intramolecular Hbond substituents is 2. The number of phenols is 2. The van der Waals surface area contributed by atoms with Crippen molar-refractivity contribution in [3.63, 3.8) is 0 Å². The van der Waals surface area contributed by atoms with Crippen molar-refractivity contribution in [3.8, 4) is 39.5 Å². The van der Waals surface area contributed by atoms with E-state index in [1.54, 1.807) is 0 Å². The van der Waals surface area contributed by atoms with Gasteiger partial charge in [0.15, 0.2) is 6.56 Å². The Hall–Kier alpha value is -6.09. The van der Waals surface area contributed by atoms with Gasteiger partial charge in [0.2, 0.25) is 0 Å². The van der Waals surface area contributed by atoms with Gasteiger partial charge in [-0.2, -0.15) is 0 Å². The summed E-state index contributed by atoms with van der Waals surface area (Å²) in [5.41, 5.74) is -8.37. The second-order valence-corrected chi connectivity index (χ2v) is 10.8. The van der Waals surface area contributed by atoms with Crippen LogP contribution < -0.4 is 4.74 Å². The maximum absolute atomic E-state index is 14.4. The van der Waals surface area contributed by atoms with Crippen molar-refractivity contribution < 1.29 is 70.1 Å². The summed E-state index contributed by atoms with van der Waals surface area (Å²) in [4.78, 5) is 40.1. The van der Waals surface area contributed by atoms with Gasteiger partial charge in [-0.3, -0.25) is 9.59 Å². The Morgan fingerprint density at radius 1 is 0.654 bits per heavy atom. The molecule has 0 bridgehead atoms. The molecule has 2 amide bonds. The second-order valence-electron chi connectivity index (χ2n) is 10.8. The van der Waals surface area contributed by atoms with Crippen molar-refractivity contribution >= 4 is 17.8 Å². The van der Waals surface area contributed by atoms with E-state index in [0.29, 0.717) is 0 Å². The van der Waals surface area contributed by atoms with Gasteiger partial charge in [-0.05, 0) is 99.6 Å². The Labute approximate surface area is 340 Å². The predicted octanol–water partition coefficient (Wildman–Crippen LogP) is 8.15. The van der Waals surface area contributed by atoms with Crippen LogP contribution in [-0.2, 0) is 17.8 Å². The standard InChI is InChI=1S/C43H44N2O7/c1-6-44(42(50)30-14-10-8-11-15-30)24-32-18-27(3)20-34(39(32)48)36-22-29(5)23-37(41(36)52-26-38(46)47)35-21-28(4)19-33(40(35)49)25-45(7-2)43(51)31-16-12-9-13-17-31/h8-23,48-49H,6-7,24-26H2,1-5H3,(H,46,47)/i1D3,2D3,6D2,7D2,8D,9D,10D,11D,12D,13D,14D,15D,16D,17D,24D2,25D2,26D2. The van der Waals surface area contributed by atoms with Crippen LogP contribution in [0.5, 0.6) is 17.2 Å². The number of aliphatic carboxylic acids is 1. The maximum Gasteiger partial charge on any atom is 0.341 e. The highest BCUT2D eigenvalue weighted by Gasteiger charge is 2.25. The number of benzene rings is 5. The van der Waals surface area contributed by atoms with Crippen molar-refractivity contribution in [2.24, 2.45) is 0 Å². The van der Waals surface area contributed by atoms with Gasteiger partial charge in [-0.25, -0.2) is 4.79 Å². The lowest BCUT2D eigenvalue weighted by atomic mass is 9.90. The minimum absolute atomic E-state index is 0.0207. The van der Waals surface area contributed by atoms with Crippen molar-refractivity contribution in [2.45, 2.75) is 47.5 Å². The third-order valence-electron chi connectivity index (χ3n) is 7.08. The number of nitrogens with zero attached hydrogens (tertiary/aromatic N) is 2. The lowest BCUT2D eigenvalue weighted by Gasteiger charge is -2.24. The van der Waals surface area contributed by atoms with Crippen LogP contribution in [0.25, 0.3) is 22.3 Å². The first-order valence-electron chi connectivity index (χ1n) is 27.7. The average molecular weight is 727 g/mol. The van der Waals surface area contributed by atoms with Gasteiger partial charge in [0.1, 0.15) is 17.2 Å². The first-order chi connectivity index (χ1) is 35.2. The minimum Gasteiger partial charge on any atom is -0.507 e. The van der Waals surface area contributed by atoms with Gasteiger partial charge in [-0.1, -0.05) is 48.4 Å². The highest BCUT2D eigenvalue weighted by atomic mass is 16.5. The van der Waals surface area contributed by atoms with E-state index in [1.807, 2.05) is 0 Å². The number of carbonyl (C=O) groups is 3. The quantitative estimate of drug-likeness (QED) is 0.112. The van der Waals surface area contributed by atoms with E-state index in [1.165, 1.54) is 20.8 Å². The molecule has 0 fully saturated rings. The maximum atomic E-state index is 14.4. The molecule has 0 aliphatic carbocycles. The number of aromatic hydroxyl groups is 2. The zero-order valence-corrected chi connectivity index (χ0v) is 27.3. The number of carboxylic acid groups (broad SMARTS) is 1. The summed E-state index contributed by atoms with van der Waals surface area (Å²) in [6.45, 7) is -24.5. The van der Waals surface area contributed by atoms with Crippen LogP contribution in [0.4, 0.5) is 0 Å². The van der Waals surface area contributed by atoms with Crippen molar-refractivity contribution in [3.05, 3.63) is 136 Å². The molecule has 268 valence electrons. The molecule has 0 aliphatic rings. The Bertz CT molecular complexity index is 3080. The van der Waals surface area contributed by atoms with Crippen LogP contribution in [-0.4, -0.2) is 62.5 Å². The molecule has 0 atom stereocenters. The Morgan fingerprint density at radius 3 is 1.42 bits per heavy atom. The highest BCUT2D eigenvalue weighted by Crippen LogP contribution is 2.47. The average Bonchev–Trinajstić information content (AvgIpc) is 3.29. The molecule has 5 aromatic carbocycles. The van der Waals surface area contributed by atoms with Crippen molar-refractivity contribution in [1.29, 1.82) is 0 Å². The van der Waals surface area contributed by atoms with Crippen LogP contribution in [0.1, 0.15) is 97.9 Å². The molecule has 9 heteroatoms. The number of carbonyl (C=O) groups excluding carboxylic acids is 2. The van der Waals surface area contributed by atoms with Crippen LogP contribution in [0.2, 0.25) is 0 Å². The third-order valence-corrected chi connectivity index (χ3v) is 7.08. The normalized spacial score (nSPS) is 20.0. The topological polar surface area (TPSA) is 128 Å². The van der Waals surface area contributed by atoms with E-state index in [0.717, 1.165) is 36.4 Å². The summed E-state index contributed by atoms with van der Waals surface area (Å²) in [6, 6.07) is -6.40. The summed E-state index contributed by atoms with van der Waals surface area (Å²) >= 11 is 0. The largest absolute Gasteiger partial charge is 0.507 e. The fourth-order valence-corrected chi connectivity index (χ4v) is 4.95. The summed E-state index contributed by atoms with van der Waals surface area (Å²) < 4.78 is 223. The Balaban J connectivity index is 1.93. The smallest absolute Gasteiger partial charge is 0.341 e. The predicted molar refractivity (Wildman–Crippen MR) is 202 cm³/mol. The van der Waals surface area contributed by atoms with Crippen LogP contribution in [0, 0.1) is 20.8 Å². The molecular formula is C43H44N2O7. The number of amides is 2. The van der Waals surface area contributed by atoms with E-state index in [9.17, 15) is 35.2 Å². The molecular weight excluding hydrogens is 656 g/mol. The summed E-state index contributed by atoms with van der Waals surface area (Å²) in [5, 5.41) is 34.5. The fraction of sp³-hybridized carbons (Fsp3) is 0.233. The van der Waals surface area contributed by atoms with Gasteiger partial charge in [0.05, 0.1) is 21.9 Å². The molecule has 5 rings (SSSR count). The first kappa shape index (κ1) is 16.1. The van der Waals surface area contributed by atoms with Crippen molar-refractivity contribution in [2.75, 3.05) is 19.6 Å². The molecule has 0 heterocycles. The molecule has 52 heavy (non-hydrogen) atoms. The highest BCUT2D eigenvalue weighted by molar-refractivity contribution is 5.95. The molecule has 0 spiro atoms. The number of hydrogen-bond donors (Lipinski definition) is 3. The third kappa shape index (κ3) is 8.26. The molecule has 0 unspecified atom stereocenters. The van der Waals surface area contributed by atoms with E-state index in [2.05, 4.69) is 0 Å². The summed E-state index contributed by atoms with van der Waals surface area (Å²) in [7, 11) is 0. The summed E-state index contributed by atoms with van der Waals surface area (Å²) in [6.07, 6.45) is 0. The van der Waals surface area contributed by atoms with E-state index in [4.69, 9.17) is 34.9 Å². The molecule has 5 aromatic rings. The minimum atomic E-state index is -4.18. The Kier molecular flexibility index (Phi) is 5.03. The summed E-state index contributed by atoms with van der Waals surface area (Å²) in [5.74, 6) is -10.4. The van der Waals surface area contributed by atoms with Gasteiger partial charge in [0.25, 0.3) is 11.8 Å². The lowest BCUT2D eigenvalue weighted by molar-refractivity contribution is -0.139. The van der Waals surface area contributed by atoms with Gasteiger partial charge in [-0.15, -0.1) is 0 Å². The van der Waals surface area contributed by atoms with E-state index >= 15 is 0 Å². The number of aryl methyl sites for hydroxylation is 3.